The SMILES string of the molecule is N#Cc1c(C2CCCNC2)cc[nH]c1=O. The highest BCUT2D eigenvalue weighted by atomic mass is 16.1. The van der Waals surface area contributed by atoms with E-state index in [4.69, 9.17) is 5.26 Å². The lowest BCUT2D eigenvalue weighted by molar-refractivity contribution is 0.460. The van der Waals surface area contributed by atoms with Crippen LogP contribution in [0.3, 0.4) is 0 Å². The molecule has 2 rings (SSSR count). The van der Waals surface area contributed by atoms with E-state index in [0.29, 0.717) is 5.92 Å². The first-order chi connectivity index (χ1) is 7.33. The van der Waals surface area contributed by atoms with Gasteiger partial charge in [0.1, 0.15) is 11.6 Å². The molecule has 0 aliphatic carbocycles. The van der Waals surface area contributed by atoms with Crippen LogP contribution in [0.5, 0.6) is 0 Å². The fourth-order valence-corrected chi connectivity index (χ4v) is 2.07. The van der Waals surface area contributed by atoms with Gasteiger partial charge in [-0.15, -0.1) is 0 Å². The van der Waals surface area contributed by atoms with Crippen molar-refractivity contribution >= 4 is 0 Å². The van der Waals surface area contributed by atoms with Gasteiger partial charge in [0.2, 0.25) is 0 Å². The minimum absolute atomic E-state index is 0.270. The molecule has 4 nitrogen and oxygen atoms in total. The van der Waals surface area contributed by atoms with Crippen molar-refractivity contribution in [2.75, 3.05) is 13.1 Å². The third-order valence-corrected chi connectivity index (χ3v) is 2.84. The molecule has 0 spiro atoms. The van der Waals surface area contributed by atoms with E-state index in [0.717, 1.165) is 31.5 Å². The molecule has 4 heteroatoms. The van der Waals surface area contributed by atoms with E-state index in [1.165, 1.54) is 0 Å². The maximum atomic E-state index is 11.4. The molecule has 2 N–H and O–H groups in total. The van der Waals surface area contributed by atoms with Gasteiger partial charge in [-0.25, -0.2) is 0 Å². The van der Waals surface area contributed by atoms with Gasteiger partial charge in [0, 0.05) is 12.7 Å². The summed E-state index contributed by atoms with van der Waals surface area (Å²) in [6, 6.07) is 3.83. The number of piperidine rings is 1. The van der Waals surface area contributed by atoms with Gasteiger partial charge < -0.3 is 10.3 Å². The predicted molar refractivity (Wildman–Crippen MR) is 56.6 cm³/mol. The van der Waals surface area contributed by atoms with E-state index < -0.39 is 0 Å². The molecule has 0 aromatic carbocycles. The van der Waals surface area contributed by atoms with Gasteiger partial charge in [-0.3, -0.25) is 4.79 Å². The fourth-order valence-electron chi connectivity index (χ4n) is 2.07. The number of hydrogen-bond donors (Lipinski definition) is 2. The van der Waals surface area contributed by atoms with Crippen molar-refractivity contribution in [2.24, 2.45) is 0 Å². The van der Waals surface area contributed by atoms with Crippen LogP contribution < -0.4 is 10.9 Å². The molecule has 0 amide bonds. The van der Waals surface area contributed by atoms with E-state index >= 15 is 0 Å². The Kier molecular flexibility index (Phi) is 2.84. The molecule has 2 heterocycles. The van der Waals surface area contributed by atoms with Gasteiger partial charge in [0.15, 0.2) is 0 Å². The van der Waals surface area contributed by atoms with E-state index in [9.17, 15) is 4.79 Å². The second kappa shape index (κ2) is 4.28. The Morgan fingerprint density at radius 1 is 1.53 bits per heavy atom. The van der Waals surface area contributed by atoms with Gasteiger partial charge in [0.25, 0.3) is 5.56 Å². The maximum absolute atomic E-state index is 11.4. The molecule has 1 aliphatic heterocycles. The number of nitrogens with one attached hydrogen (secondary N) is 2. The molecule has 1 fully saturated rings. The van der Waals surface area contributed by atoms with Crippen LogP contribution in [0.25, 0.3) is 0 Å². The molecule has 1 aromatic rings. The first-order valence-corrected chi connectivity index (χ1v) is 5.15. The van der Waals surface area contributed by atoms with Crippen LogP contribution in [-0.4, -0.2) is 18.1 Å². The predicted octanol–water partition coefficient (Wildman–Crippen LogP) is 0.714. The molecular formula is C11H13N3O. The van der Waals surface area contributed by atoms with Gasteiger partial charge in [-0.1, -0.05) is 0 Å². The third-order valence-electron chi connectivity index (χ3n) is 2.84. The van der Waals surface area contributed by atoms with Gasteiger partial charge in [-0.2, -0.15) is 5.26 Å². The Bertz CT molecular complexity index is 438. The molecule has 0 saturated carbocycles. The molecule has 15 heavy (non-hydrogen) atoms. The van der Waals surface area contributed by atoms with Crippen molar-refractivity contribution < 1.29 is 0 Å². The Morgan fingerprint density at radius 3 is 3.07 bits per heavy atom. The third kappa shape index (κ3) is 1.92. The minimum atomic E-state index is -0.277. The Hall–Kier alpha value is -1.60. The van der Waals surface area contributed by atoms with Gasteiger partial charge in [-0.05, 0) is 36.9 Å². The van der Waals surface area contributed by atoms with E-state index in [2.05, 4.69) is 10.3 Å². The van der Waals surface area contributed by atoms with Crippen molar-refractivity contribution in [1.29, 1.82) is 5.26 Å². The zero-order chi connectivity index (χ0) is 10.7. The number of pyridine rings is 1. The van der Waals surface area contributed by atoms with Crippen molar-refractivity contribution in [3.05, 3.63) is 33.7 Å². The molecule has 0 bridgehead atoms. The number of hydrogen-bond acceptors (Lipinski definition) is 3. The summed E-state index contributed by atoms with van der Waals surface area (Å²) in [6.45, 7) is 1.89. The van der Waals surface area contributed by atoms with E-state index in [-0.39, 0.29) is 11.1 Å². The van der Waals surface area contributed by atoms with Gasteiger partial charge >= 0.3 is 0 Å². The van der Waals surface area contributed by atoms with Crippen molar-refractivity contribution in [1.82, 2.24) is 10.3 Å². The zero-order valence-corrected chi connectivity index (χ0v) is 8.42. The second-order valence-electron chi connectivity index (χ2n) is 3.79. The summed E-state index contributed by atoms with van der Waals surface area (Å²) in [5.74, 6) is 0.302. The van der Waals surface area contributed by atoms with E-state index in [1.54, 1.807) is 6.20 Å². The topological polar surface area (TPSA) is 68.7 Å². The lowest BCUT2D eigenvalue weighted by Gasteiger charge is -2.23. The second-order valence-corrected chi connectivity index (χ2v) is 3.79. The van der Waals surface area contributed by atoms with Crippen LogP contribution in [0.15, 0.2) is 17.1 Å². The maximum Gasteiger partial charge on any atom is 0.266 e. The summed E-state index contributed by atoms with van der Waals surface area (Å²) in [4.78, 5) is 13.9. The molecular weight excluding hydrogens is 190 g/mol. The van der Waals surface area contributed by atoms with Crippen molar-refractivity contribution in [2.45, 2.75) is 18.8 Å². The van der Waals surface area contributed by atoms with Crippen LogP contribution in [0, 0.1) is 11.3 Å². The summed E-state index contributed by atoms with van der Waals surface area (Å²) in [7, 11) is 0. The largest absolute Gasteiger partial charge is 0.328 e. The average molecular weight is 203 g/mol. The minimum Gasteiger partial charge on any atom is -0.328 e. The molecule has 1 saturated heterocycles. The van der Waals surface area contributed by atoms with Crippen molar-refractivity contribution in [3.63, 3.8) is 0 Å². The van der Waals surface area contributed by atoms with Crippen molar-refractivity contribution in [3.8, 4) is 6.07 Å². The number of nitriles is 1. The summed E-state index contributed by atoms with van der Waals surface area (Å²) < 4.78 is 0. The Balaban J connectivity index is 2.39. The fraction of sp³-hybridized carbons (Fsp3) is 0.455. The van der Waals surface area contributed by atoms with Crippen LogP contribution in [0.2, 0.25) is 0 Å². The standard InChI is InChI=1S/C11H13N3O/c12-6-10-9(3-5-14-11(10)15)8-2-1-4-13-7-8/h3,5,8,13H,1-2,4,7H2,(H,14,15). The number of aromatic amines is 1. The van der Waals surface area contributed by atoms with E-state index in [1.807, 2.05) is 12.1 Å². The Morgan fingerprint density at radius 2 is 2.40 bits per heavy atom. The summed E-state index contributed by atoms with van der Waals surface area (Å²) in [5.41, 5.74) is 0.875. The first kappa shape index (κ1) is 9.94. The Labute approximate surface area is 87.9 Å². The lowest BCUT2D eigenvalue weighted by atomic mass is 9.90. The first-order valence-electron chi connectivity index (χ1n) is 5.15. The van der Waals surface area contributed by atoms with Gasteiger partial charge in [0.05, 0.1) is 0 Å². The highest BCUT2D eigenvalue weighted by Gasteiger charge is 2.19. The molecule has 1 unspecified atom stereocenters. The molecule has 1 aliphatic rings. The highest BCUT2D eigenvalue weighted by Crippen LogP contribution is 2.23. The zero-order valence-electron chi connectivity index (χ0n) is 8.42. The monoisotopic (exact) mass is 203 g/mol. The average Bonchev–Trinajstić information content (AvgIpc) is 2.30. The molecule has 1 aromatic heterocycles. The summed E-state index contributed by atoms with van der Waals surface area (Å²) in [6.07, 6.45) is 3.76. The highest BCUT2D eigenvalue weighted by molar-refractivity contribution is 5.37. The lowest BCUT2D eigenvalue weighted by Crippen LogP contribution is -2.30. The normalized spacial score (nSPS) is 20.9. The molecule has 1 atom stereocenters. The smallest absolute Gasteiger partial charge is 0.266 e. The van der Waals surface area contributed by atoms with Crippen LogP contribution >= 0.6 is 0 Å². The number of nitrogens with zero attached hydrogens (tertiary/aromatic N) is 1. The number of H-pyrrole nitrogens is 1. The van der Waals surface area contributed by atoms with Crippen LogP contribution in [0.1, 0.15) is 29.9 Å². The number of aromatic nitrogens is 1. The summed E-state index contributed by atoms with van der Waals surface area (Å²) >= 11 is 0. The molecule has 78 valence electrons. The van der Waals surface area contributed by atoms with Crippen LogP contribution in [0.4, 0.5) is 0 Å². The quantitative estimate of drug-likeness (QED) is 0.706. The number of rotatable bonds is 1. The summed E-state index contributed by atoms with van der Waals surface area (Å²) in [5, 5.41) is 12.2. The van der Waals surface area contributed by atoms with Crippen LogP contribution in [-0.2, 0) is 0 Å². The molecule has 0 radical (unpaired) electrons.